The molecule has 1 saturated heterocycles. The summed E-state index contributed by atoms with van der Waals surface area (Å²) in [7, 11) is 0. The van der Waals surface area contributed by atoms with Crippen molar-refractivity contribution in [3.8, 4) is 11.6 Å². The summed E-state index contributed by atoms with van der Waals surface area (Å²) in [6, 6.07) is 15.8. The average Bonchev–Trinajstić information content (AvgIpc) is 2.79. The molecule has 1 aliphatic heterocycles. The van der Waals surface area contributed by atoms with E-state index in [4.69, 9.17) is 4.74 Å². The topological polar surface area (TPSA) is 67.4 Å². The van der Waals surface area contributed by atoms with Crippen LogP contribution in [0.4, 0.5) is 0 Å². The minimum Gasteiger partial charge on any atom is -0.437 e. The third kappa shape index (κ3) is 4.43. The van der Waals surface area contributed by atoms with Gasteiger partial charge in [-0.1, -0.05) is 37.3 Å². The van der Waals surface area contributed by atoms with Crippen LogP contribution in [0.5, 0.6) is 11.6 Å². The van der Waals surface area contributed by atoms with E-state index in [0.29, 0.717) is 23.7 Å². The number of aromatic nitrogens is 2. The number of piperazine rings is 1. The molecule has 0 bridgehead atoms. The number of hydrogen-bond donors (Lipinski definition) is 1. The number of carbonyl (C=O) groups is 1. The highest BCUT2D eigenvalue weighted by Crippen LogP contribution is 2.26. The molecule has 1 aliphatic rings. The van der Waals surface area contributed by atoms with Crippen molar-refractivity contribution in [2.45, 2.75) is 19.4 Å². The summed E-state index contributed by atoms with van der Waals surface area (Å²) in [5.74, 6) is 0.962. The molecule has 1 atom stereocenters. The Kier molecular flexibility index (Phi) is 5.81. The fourth-order valence-corrected chi connectivity index (χ4v) is 3.54. The fraction of sp³-hybridized carbons (Fsp3) is 0.261. The highest BCUT2D eigenvalue weighted by Gasteiger charge is 2.28. The van der Waals surface area contributed by atoms with Gasteiger partial charge in [-0.3, -0.25) is 9.78 Å². The van der Waals surface area contributed by atoms with Gasteiger partial charge in [0.2, 0.25) is 5.88 Å². The molecular weight excluding hydrogens is 364 g/mol. The molecule has 148 valence electrons. The van der Waals surface area contributed by atoms with E-state index in [2.05, 4.69) is 46.5 Å². The quantitative estimate of drug-likeness (QED) is 0.723. The standard InChI is InChI=1S/C23H24N4O2/c1-2-17-6-8-18(9-7-17)21-15-25-12-13-27(21)23(28)19-4-3-5-20(14-19)29-22-16-24-10-11-26-22/h3-11,14,16,21,25H,2,12-13,15H2,1H3. The van der Waals surface area contributed by atoms with Crippen molar-refractivity contribution >= 4 is 5.91 Å². The molecule has 1 N–H and O–H groups in total. The lowest BCUT2D eigenvalue weighted by Gasteiger charge is -2.36. The fourth-order valence-electron chi connectivity index (χ4n) is 3.54. The average molecular weight is 388 g/mol. The lowest BCUT2D eigenvalue weighted by Crippen LogP contribution is -2.48. The first-order chi connectivity index (χ1) is 14.2. The molecule has 6 heteroatoms. The zero-order valence-corrected chi connectivity index (χ0v) is 16.4. The molecule has 2 aromatic carbocycles. The molecule has 29 heavy (non-hydrogen) atoms. The van der Waals surface area contributed by atoms with Crippen LogP contribution in [-0.2, 0) is 6.42 Å². The molecule has 0 aliphatic carbocycles. The first-order valence-electron chi connectivity index (χ1n) is 9.89. The lowest BCUT2D eigenvalue weighted by atomic mass is 10.00. The summed E-state index contributed by atoms with van der Waals surface area (Å²) >= 11 is 0. The molecule has 1 fully saturated rings. The largest absolute Gasteiger partial charge is 0.437 e. The van der Waals surface area contributed by atoms with Crippen molar-refractivity contribution in [3.63, 3.8) is 0 Å². The van der Waals surface area contributed by atoms with Crippen LogP contribution in [0.3, 0.4) is 0 Å². The number of nitrogens with one attached hydrogen (secondary N) is 1. The summed E-state index contributed by atoms with van der Waals surface area (Å²) in [4.78, 5) is 23.4. The lowest BCUT2D eigenvalue weighted by molar-refractivity contribution is 0.0634. The van der Waals surface area contributed by atoms with E-state index in [-0.39, 0.29) is 11.9 Å². The molecule has 1 amide bonds. The van der Waals surface area contributed by atoms with Gasteiger partial charge in [0.15, 0.2) is 0 Å². The van der Waals surface area contributed by atoms with Crippen LogP contribution in [0.1, 0.15) is 34.5 Å². The smallest absolute Gasteiger partial charge is 0.254 e. The Hall–Kier alpha value is -3.25. The number of hydrogen-bond acceptors (Lipinski definition) is 5. The van der Waals surface area contributed by atoms with Gasteiger partial charge in [-0.15, -0.1) is 0 Å². The van der Waals surface area contributed by atoms with Gasteiger partial charge in [-0.05, 0) is 35.7 Å². The normalized spacial score (nSPS) is 16.4. The zero-order valence-electron chi connectivity index (χ0n) is 16.4. The molecule has 0 spiro atoms. The van der Waals surface area contributed by atoms with E-state index in [1.807, 2.05) is 23.1 Å². The van der Waals surface area contributed by atoms with Gasteiger partial charge in [0.05, 0.1) is 12.2 Å². The maximum Gasteiger partial charge on any atom is 0.254 e. The van der Waals surface area contributed by atoms with Gasteiger partial charge in [0.25, 0.3) is 5.91 Å². The Balaban J connectivity index is 1.55. The Morgan fingerprint density at radius 2 is 2.07 bits per heavy atom. The van der Waals surface area contributed by atoms with Crippen molar-refractivity contribution in [3.05, 3.63) is 83.8 Å². The molecule has 0 saturated carbocycles. The SMILES string of the molecule is CCc1ccc(C2CNCCN2C(=O)c2cccc(Oc3cnccn3)c2)cc1. The summed E-state index contributed by atoms with van der Waals surface area (Å²) in [5, 5.41) is 3.41. The van der Waals surface area contributed by atoms with Crippen molar-refractivity contribution < 1.29 is 9.53 Å². The van der Waals surface area contributed by atoms with Gasteiger partial charge in [-0.2, -0.15) is 0 Å². The molecular formula is C23H24N4O2. The molecule has 4 rings (SSSR count). The maximum atomic E-state index is 13.3. The molecule has 1 unspecified atom stereocenters. The summed E-state index contributed by atoms with van der Waals surface area (Å²) in [6.45, 7) is 4.33. The second-order valence-corrected chi connectivity index (χ2v) is 6.99. The maximum absolute atomic E-state index is 13.3. The number of amides is 1. The monoisotopic (exact) mass is 388 g/mol. The second-order valence-electron chi connectivity index (χ2n) is 6.99. The van der Waals surface area contributed by atoms with Gasteiger partial charge in [-0.25, -0.2) is 4.98 Å². The summed E-state index contributed by atoms with van der Waals surface area (Å²) in [5.41, 5.74) is 3.04. The minimum absolute atomic E-state index is 0.000615. The van der Waals surface area contributed by atoms with Crippen molar-refractivity contribution in [1.82, 2.24) is 20.2 Å². The van der Waals surface area contributed by atoms with E-state index in [1.54, 1.807) is 24.7 Å². The predicted octanol–water partition coefficient (Wildman–Crippen LogP) is 3.62. The van der Waals surface area contributed by atoms with E-state index in [0.717, 1.165) is 25.1 Å². The Labute approximate surface area is 170 Å². The number of carbonyl (C=O) groups excluding carboxylic acids is 1. The van der Waals surface area contributed by atoms with Gasteiger partial charge >= 0.3 is 0 Å². The molecule has 2 heterocycles. The van der Waals surface area contributed by atoms with E-state index in [9.17, 15) is 4.79 Å². The first kappa shape index (κ1) is 19.1. The van der Waals surface area contributed by atoms with Crippen LogP contribution in [0.15, 0.2) is 67.1 Å². The highest BCUT2D eigenvalue weighted by molar-refractivity contribution is 5.95. The van der Waals surface area contributed by atoms with Gasteiger partial charge < -0.3 is 15.0 Å². The van der Waals surface area contributed by atoms with Crippen LogP contribution < -0.4 is 10.1 Å². The predicted molar refractivity (Wildman–Crippen MR) is 111 cm³/mol. The van der Waals surface area contributed by atoms with E-state index in [1.165, 1.54) is 5.56 Å². The Morgan fingerprint density at radius 3 is 2.83 bits per heavy atom. The van der Waals surface area contributed by atoms with Crippen molar-refractivity contribution in [1.29, 1.82) is 0 Å². The number of ether oxygens (including phenoxy) is 1. The van der Waals surface area contributed by atoms with Gasteiger partial charge in [0.1, 0.15) is 5.75 Å². The number of benzene rings is 2. The second kappa shape index (κ2) is 8.84. The van der Waals surface area contributed by atoms with Gasteiger partial charge in [0, 0.05) is 37.6 Å². The Morgan fingerprint density at radius 1 is 1.21 bits per heavy atom. The highest BCUT2D eigenvalue weighted by atomic mass is 16.5. The zero-order chi connectivity index (χ0) is 20.1. The summed E-state index contributed by atoms with van der Waals surface area (Å²) in [6.07, 6.45) is 5.70. The molecule has 0 radical (unpaired) electrons. The van der Waals surface area contributed by atoms with Crippen LogP contribution in [0, 0.1) is 0 Å². The third-order valence-electron chi connectivity index (χ3n) is 5.12. The Bertz CT molecular complexity index is 960. The van der Waals surface area contributed by atoms with Crippen molar-refractivity contribution in [2.75, 3.05) is 19.6 Å². The van der Waals surface area contributed by atoms with Crippen molar-refractivity contribution in [2.24, 2.45) is 0 Å². The van der Waals surface area contributed by atoms with Crippen LogP contribution in [0.2, 0.25) is 0 Å². The number of aryl methyl sites for hydroxylation is 1. The molecule has 6 nitrogen and oxygen atoms in total. The molecule has 3 aromatic rings. The van der Waals surface area contributed by atoms with Crippen LogP contribution >= 0.6 is 0 Å². The number of nitrogens with zero attached hydrogens (tertiary/aromatic N) is 3. The first-order valence-corrected chi connectivity index (χ1v) is 9.89. The summed E-state index contributed by atoms with van der Waals surface area (Å²) < 4.78 is 5.74. The minimum atomic E-state index is 0.000615. The van der Waals surface area contributed by atoms with E-state index < -0.39 is 0 Å². The third-order valence-corrected chi connectivity index (χ3v) is 5.12. The molecule has 1 aromatic heterocycles. The van der Waals surface area contributed by atoms with E-state index >= 15 is 0 Å². The van der Waals surface area contributed by atoms with Crippen LogP contribution in [0.25, 0.3) is 0 Å². The number of rotatable bonds is 5. The van der Waals surface area contributed by atoms with Crippen LogP contribution in [-0.4, -0.2) is 40.4 Å².